The summed E-state index contributed by atoms with van der Waals surface area (Å²) in [6, 6.07) is 1.65. The maximum Gasteiger partial charge on any atom is 0.157 e. The first kappa shape index (κ1) is 12.1. The lowest BCUT2D eigenvalue weighted by Crippen LogP contribution is -2.22. The summed E-state index contributed by atoms with van der Waals surface area (Å²) in [5.41, 5.74) is 5.38. The molecule has 0 saturated carbocycles. The molecule has 15 heavy (non-hydrogen) atoms. The maximum atomic E-state index is 11.6. The third kappa shape index (κ3) is 4.35. The number of rotatable bonds is 5. The predicted octanol–water partition coefficient (Wildman–Crippen LogP) is -0.0138. The molecule has 0 saturated heterocycles. The second kappa shape index (κ2) is 5.18. The molecule has 0 aliphatic rings. The summed E-state index contributed by atoms with van der Waals surface area (Å²) >= 11 is 0. The van der Waals surface area contributed by atoms with Crippen molar-refractivity contribution in [3.05, 3.63) is 24.3 Å². The SMILES string of the molecule is CC(CN)CS(=O)(=O)Cc1ncccn1. The summed E-state index contributed by atoms with van der Waals surface area (Å²) in [5.74, 6) is 0.278. The molecule has 0 aromatic carbocycles. The quantitative estimate of drug-likeness (QED) is 0.767. The molecular weight excluding hydrogens is 214 g/mol. The maximum absolute atomic E-state index is 11.6. The topological polar surface area (TPSA) is 85.9 Å². The molecule has 0 bridgehead atoms. The smallest absolute Gasteiger partial charge is 0.157 e. The van der Waals surface area contributed by atoms with Gasteiger partial charge in [-0.15, -0.1) is 0 Å². The van der Waals surface area contributed by atoms with E-state index in [9.17, 15) is 8.42 Å². The van der Waals surface area contributed by atoms with Crippen LogP contribution < -0.4 is 5.73 Å². The van der Waals surface area contributed by atoms with E-state index in [1.165, 1.54) is 12.4 Å². The van der Waals surface area contributed by atoms with Gasteiger partial charge in [0.2, 0.25) is 0 Å². The van der Waals surface area contributed by atoms with Crippen molar-refractivity contribution in [1.29, 1.82) is 0 Å². The van der Waals surface area contributed by atoms with Crippen LogP contribution in [0, 0.1) is 5.92 Å². The largest absolute Gasteiger partial charge is 0.330 e. The Morgan fingerprint density at radius 1 is 1.40 bits per heavy atom. The molecule has 0 amide bonds. The highest BCUT2D eigenvalue weighted by atomic mass is 32.2. The summed E-state index contributed by atoms with van der Waals surface area (Å²) in [4.78, 5) is 7.75. The lowest BCUT2D eigenvalue weighted by molar-refractivity contribution is 0.571. The second-order valence-corrected chi connectivity index (χ2v) is 5.67. The Morgan fingerprint density at radius 2 is 2.00 bits per heavy atom. The van der Waals surface area contributed by atoms with Crippen LogP contribution in [-0.4, -0.2) is 30.7 Å². The first-order valence-electron chi connectivity index (χ1n) is 4.70. The molecular formula is C9H15N3O2S. The molecule has 0 aliphatic carbocycles. The Balaban J connectivity index is 2.65. The van der Waals surface area contributed by atoms with Crippen LogP contribution in [0.25, 0.3) is 0 Å². The van der Waals surface area contributed by atoms with Crippen molar-refractivity contribution in [1.82, 2.24) is 9.97 Å². The van der Waals surface area contributed by atoms with Gasteiger partial charge in [-0.25, -0.2) is 18.4 Å². The van der Waals surface area contributed by atoms with E-state index >= 15 is 0 Å². The highest BCUT2D eigenvalue weighted by Crippen LogP contribution is 2.05. The molecule has 5 nitrogen and oxygen atoms in total. The Labute approximate surface area is 89.7 Å². The van der Waals surface area contributed by atoms with Crippen molar-refractivity contribution in [2.75, 3.05) is 12.3 Å². The normalized spacial score (nSPS) is 13.7. The summed E-state index contributed by atoms with van der Waals surface area (Å²) in [6.07, 6.45) is 3.06. The van der Waals surface area contributed by atoms with Gasteiger partial charge in [-0.1, -0.05) is 6.92 Å². The Kier molecular flexibility index (Phi) is 4.16. The van der Waals surface area contributed by atoms with Gasteiger partial charge in [0.25, 0.3) is 0 Å². The van der Waals surface area contributed by atoms with E-state index in [4.69, 9.17) is 5.73 Å². The fourth-order valence-electron chi connectivity index (χ4n) is 1.16. The number of hydrogen-bond acceptors (Lipinski definition) is 5. The van der Waals surface area contributed by atoms with E-state index in [2.05, 4.69) is 9.97 Å². The number of nitrogens with two attached hydrogens (primary N) is 1. The molecule has 1 heterocycles. The van der Waals surface area contributed by atoms with Crippen LogP contribution in [0.15, 0.2) is 18.5 Å². The fourth-order valence-corrected chi connectivity index (χ4v) is 2.83. The first-order chi connectivity index (χ1) is 7.03. The fraction of sp³-hybridized carbons (Fsp3) is 0.556. The minimum Gasteiger partial charge on any atom is -0.330 e. The minimum absolute atomic E-state index is 0.0290. The first-order valence-corrected chi connectivity index (χ1v) is 6.52. The van der Waals surface area contributed by atoms with E-state index in [1.54, 1.807) is 6.07 Å². The van der Waals surface area contributed by atoms with Crippen LogP contribution in [0.1, 0.15) is 12.7 Å². The van der Waals surface area contributed by atoms with E-state index in [-0.39, 0.29) is 17.4 Å². The van der Waals surface area contributed by atoms with Crippen molar-refractivity contribution < 1.29 is 8.42 Å². The van der Waals surface area contributed by atoms with Crippen LogP contribution in [0.5, 0.6) is 0 Å². The van der Waals surface area contributed by atoms with Gasteiger partial charge in [-0.3, -0.25) is 0 Å². The van der Waals surface area contributed by atoms with E-state index in [0.29, 0.717) is 12.4 Å². The Morgan fingerprint density at radius 3 is 2.53 bits per heavy atom. The van der Waals surface area contributed by atoms with Gasteiger partial charge >= 0.3 is 0 Å². The molecule has 1 unspecified atom stereocenters. The van der Waals surface area contributed by atoms with Gasteiger partial charge < -0.3 is 5.73 Å². The number of aromatic nitrogens is 2. The summed E-state index contributed by atoms with van der Waals surface area (Å²) in [5, 5.41) is 0. The molecule has 0 spiro atoms. The number of hydrogen-bond donors (Lipinski definition) is 1. The molecule has 84 valence electrons. The monoisotopic (exact) mass is 229 g/mol. The van der Waals surface area contributed by atoms with Crippen molar-refractivity contribution in [3.8, 4) is 0 Å². The van der Waals surface area contributed by atoms with Gasteiger partial charge in [-0.05, 0) is 18.5 Å². The average Bonchev–Trinajstić information content (AvgIpc) is 2.17. The molecule has 0 aliphatic heterocycles. The van der Waals surface area contributed by atoms with Crippen molar-refractivity contribution in [3.63, 3.8) is 0 Å². The third-order valence-electron chi connectivity index (χ3n) is 1.91. The average molecular weight is 229 g/mol. The molecule has 1 aromatic heterocycles. The van der Waals surface area contributed by atoms with Crippen LogP contribution in [-0.2, 0) is 15.6 Å². The van der Waals surface area contributed by atoms with Gasteiger partial charge in [0.1, 0.15) is 11.6 Å². The van der Waals surface area contributed by atoms with Gasteiger partial charge in [0, 0.05) is 12.4 Å². The van der Waals surface area contributed by atoms with Crippen molar-refractivity contribution in [2.45, 2.75) is 12.7 Å². The zero-order chi connectivity index (χ0) is 11.3. The van der Waals surface area contributed by atoms with Crippen molar-refractivity contribution >= 4 is 9.84 Å². The minimum atomic E-state index is -3.15. The molecule has 1 aromatic rings. The van der Waals surface area contributed by atoms with Gasteiger partial charge in [0.05, 0.1) is 5.75 Å². The van der Waals surface area contributed by atoms with Crippen LogP contribution in [0.2, 0.25) is 0 Å². The van der Waals surface area contributed by atoms with Crippen LogP contribution >= 0.6 is 0 Å². The highest BCUT2D eigenvalue weighted by molar-refractivity contribution is 7.90. The van der Waals surface area contributed by atoms with Crippen molar-refractivity contribution in [2.24, 2.45) is 11.7 Å². The summed E-state index contributed by atoms with van der Waals surface area (Å²) in [6.45, 7) is 2.18. The second-order valence-electron chi connectivity index (χ2n) is 3.56. The number of sulfone groups is 1. The highest BCUT2D eigenvalue weighted by Gasteiger charge is 2.16. The number of nitrogens with zero attached hydrogens (tertiary/aromatic N) is 2. The molecule has 1 rings (SSSR count). The predicted molar refractivity (Wildman–Crippen MR) is 57.7 cm³/mol. The summed E-state index contributed by atoms with van der Waals surface area (Å²) < 4.78 is 23.3. The molecule has 6 heteroatoms. The molecule has 0 fully saturated rings. The van der Waals surface area contributed by atoms with Gasteiger partial charge in [-0.2, -0.15) is 0 Å². The Bertz CT molecular complexity index is 391. The zero-order valence-corrected chi connectivity index (χ0v) is 9.44. The third-order valence-corrected chi connectivity index (χ3v) is 3.68. The van der Waals surface area contributed by atoms with E-state index in [0.717, 1.165) is 0 Å². The van der Waals surface area contributed by atoms with E-state index < -0.39 is 9.84 Å². The van der Waals surface area contributed by atoms with Crippen LogP contribution in [0.4, 0.5) is 0 Å². The van der Waals surface area contributed by atoms with Crippen LogP contribution in [0.3, 0.4) is 0 Å². The lowest BCUT2D eigenvalue weighted by Gasteiger charge is -2.08. The Hall–Kier alpha value is -1.01. The zero-order valence-electron chi connectivity index (χ0n) is 8.63. The lowest BCUT2D eigenvalue weighted by atomic mass is 10.2. The van der Waals surface area contributed by atoms with E-state index in [1.807, 2.05) is 6.92 Å². The molecule has 0 radical (unpaired) electrons. The molecule has 1 atom stereocenters. The summed E-state index contributed by atoms with van der Waals surface area (Å²) in [7, 11) is -3.15. The molecule has 2 N–H and O–H groups in total. The standard InChI is InChI=1S/C9H15N3O2S/c1-8(5-10)6-15(13,14)7-9-11-3-2-4-12-9/h2-4,8H,5-7,10H2,1H3. The van der Waals surface area contributed by atoms with Gasteiger partial charge in [0.15, 0.2) is 9.84 Å².